The Bertz CT molecular complexity index is 728. The summed E-state index contributed by atoms with van der Waals surface area (Å²) >= 11 is 0. The van der Waals surface area contributed by atoms with E-state index in [2.05, 4.69) is 9.97 Å². The van der Waals surface area contributed by atoms with E-state index in [9.17, 15) is 8.42 Å². The maximum absolute atomic E-state index is 12.3. The Balaban J connectivity index is 1.63. The maximum Gasteiger partial charge on any atom is 0.244 e. The van der Waals surface area contributed by atoms with Gasteiger partial charge in [-0.2, -0.15) is 4.31 Å². The van der Waals surface area contributed by atoms with Crippen LogP contribution in [0.2, 0.25) is 0 Å². The van der Waals surface area contributed by atoms with Crippen LogP contribution in [0.4, 0.5) is 0 Å². The van der Waals surface area contributed by atoms with Gasteiger partial charge in [-0.05, 0) is 25.1 Å². The van der Waals surface area contributed by atoms with Crippen LogP contribution in [0.1, 0.15) is 5.69 Å². The molecule has 0 unspecified atom stereocenters. The first-order valence-corrected chi connectivity index (χ1v) is 8.00. The Morgan fingerprint density at radius 2 is 2.05 bits per heavy atom. The molecule has 2 aromatic heterocycles. The Kier molecular flexibility index (Phi) is 3.60. The number of hydrogen-bond donors (Lipinski definition) is 0. The standard InChI is InChI=1S/C14H15N3O3S/c1-11-4-2-6-14(16-11)20-12-9-17(10-12)21(18,19)13-5-3-7-15-8-13/h2-8,12H,9-10H2,1H3. The summed E-state index contributed by atoms with van der Waals surface area (Å²) < 4.78 is 31.6. The average Bonchev–Trinajstić information content (AvgIpc) is 2.43. The average molecular weight is 305 g/mol. The fraction of sp³-hybridized carbons (Fsp3) is 0.286. The lowest BCUT2D eigenvalue weighted by Crippen LogP contribution is -2.56. The molecule has 0 N–H and O–H groups in total. The zero-order valence-corrected chi connectivity index (χ0v) is 12.3. The van der Waals surface area contributed by atoms with Crippen molar-refractivity contribution in [2.75, 3.05) is 13.1 Å². The Morgan fingerprint density at radius 1 is 1.24 bits per heavy atom. The smallest absolute Gasteiger partial charge is 0.244 e. The highest BCUT2D eigenvalue weighted by Crippen LogP contribution is 2.23. The topological polar surface area (TPSA) is 72.4 Å². The number of sulfonamides is 1. The van der Waals surface area contributed by atoms with Crippen LogP contribution >= 0.6 is 0 Å². The van der Waals surface area contributed by atoms with E-state index < -0.39 is 10.0 Å². The van der Waals surface area contributed by atoms with Crippen LogP contribution in [0.5, 0.6) is 5.88 Å². The van der Waals surface area contributed by atoms with Gasteiger partial charge in [-0.25, -0.2) is 13.4 Å². The third kappa shape index (κ3) is 2.88. The molecule has 1 aliphatic heterocycles. The van der Waals surface area contributed by atoms with Gasteiger partial charge in [0.2, 0.25) is 15.9 Å². The summed E-state index contributed by atoms with van der Waals surface area (Å²) in [5, 5.41) is 0. The molecule has 0 spiro atoms. The molecular formula is C14H15N3O3S. The van der Waals surface area contributed by atoms with Crippen molar-refractivity contribution < 1.29 is 13.2 Å². The molecule has 2 aromatic rings. The van der Waals surface area contributed by atoms with E-state index in [1.807, 2.05) is 19.1 Å². The van der Waals surface area contributed by atoms with E-state index in [1.54, 1.807) is 24.4 Å². The summed E-state index contributed by atoms with van der Waals surface area (Å²) in [7, 11) is -3.47. The molecular weight excluding hydrogens is 290 g/mol. The molecule has 3 rings (SSSR count). The highest BCUT2D eigenvalue weighted by molar-refractivity contribution is 7.89. The molecule has 6 nitrogen and oxygen atoms in total. The lowest BCUT2D eigenvalue weighted by atomic mass is 10.2. The summed E-state index contributed by atoms with van der Waals surface area (Å²) in [5.74, 6) is 0.526. The SMILES string of the molecule is Cc1cccc(OC2CN(S(=O)(=O)c3cccnc3)C2)n1. The van der Waals surface area contributed by atoms with Crippen LogP contribution < -0.4 is 4.74 Å². The molecule has 0 radical (unpaired) electrons. The van der Waals surface area contributed by atoms with Crippen molar-refractivity contribution in [3.05, 3.63) is 48.4 Å². The lowest BCUT2D eigenvalue weighted by molar-refractivity contribution is 0.0719. The van der Waals surface area contributed by atoms with Gasteiger partial charge in [0.15, 0.2) is 0 Å². The summed E-state index contributed by atoms with van der Waals surface area (Å²) in [6, 6.07) is 8.66. The van der Waals surface area contributed by atoms with Gasteiger partial charge < -0.3 is 4.74 Å². The second kappa shape index (κ2) is 5.42. The predicted octanol–water partition coefficient (Wildman–Crippen LogP) is 1.24. The third-order valence-electron chi connectivity index (χ3n) is 3.24. The Hall–Kier alpha value is -1.99. The molecule has 0 bridgehead atoms. The number of aryl methyl sites for hydroxylation is 1. The van der Waals surface area contributed by atoms with Gasteiger partial charge in [0.25, 0.3) is 0 Å². The van der Waals surface area contributed by atoms with Crippen molar-refractivity contribution in [1.82, 2.24) is 14.3 Å². The number of rotatable bonds is 4. The molecule has 7 heteroatoms. The van der Waals surface area contributed by atoms with Crippen LogP contribution in [0.15, 0.2) is 47.6 Å². The Morgan fingerprint density at radius 3 is 2.71 bits per heavy atom. The van der Waals surface area contributed by atoms with Gasteiger partial charge in [0.05, 0.1) is 13.1 Å². The first-order chi connectivity index (χ1) is 10.1. The molecule has 1 saturated heterocycles. The maximum atomic E-state index is 12.3. The van der Waals surface area contributed by atoms with Crippen molar-refractivity contribution in [2.24, 2.45) is 0 Å². The molecule has 0 amide bonds. The van der Waals surface area contributed by atoms with Crippen LogP contribution in [0, 0.1) is 6.92 Å². The van der Waals surface area contributed by atoms with Gasteiger partial charge in [0, 0.05) is 24.2 Å². The summed E-state index contributed by atoms with van der Waals surface area (Å²) in [6.07, 6.45) is 2.74. The highest BCUT2D eigenvalue weighted by atomic mass is 32.2. The second-order valence-corrected chi connectivity index (χ2v) is 6.81. The molecule has 1 fully saturated rings. The zero-order valence-electron chi connectivity index (χ0n) is 11.5. The second-order valence-electron chi connectivity index (χ2n) is 4.87. The molecule has 0 aliphatic carbocycles. The van der Waals surface area contributed by atoms with Crippen molar-refractivity contribution in [2.45, 2.75) is 17.9 Å². The van der Waals surface area contributed by atoms with E-state index in [4.69, 9.17) is 4.74 Å². The van der Waals surface area contributed by atoms with E-state index >= 15 is 0 Å². The van der Waals surface area contributed by atoms with Crippen LogP contribution in [0.25, 0.3) is 0 Å². The number of nitrogens with zero attached hydrogens (tertiary/aromatic N) is 3. The van der Waals surface area contributed by atoms with Crippen LogP contribution in [0.3, 0.4) is 0 Å². The molecule has 21 heavy (non-hydrogen) atoms. The third-order valence-corrected chi connectivity index (χ3v) is 5.05. The number of hydrogen-bond acceptors (Lipinski definition) is 5. The minimum atomic E-state index is -3.47. The lowest BCUT2D eigenvalue weighted by Gasteiger charge is -2.37. The summed E-state index contributed by atoms with van der Waals surface area (Å²) in [5.41, 5.74) is 0.867. The van der Waals surface area contributed by atoms with Crippen molar-refractivity contribution >= 4 is 10.0 Å². The van der Waals surface area contributed by atoms with Crippen LogP contribution in [-0.4, -0.2) is 41.9 Å². The Labute approximate surface area is 123 Å². The number of pyridine rings is 2. The van der Waals surface area contributed by atoms with Gasteiger partial charge in [0.1, 0.15) is 11.0 Å². The van der Waals surface area contributed by atoms with Crippen molar-refractivity contribution in [1.29, 1.82) is 0 Å². The molecule has 0 saturated carbocycles. The minimum Gasteiger partial charge on any atom is -0.472 e. The van der Waals surface area contributed by atoms with Gasteiger partial charge >= 0.3 is 0 Å². The van der Waals surface area contributed by atoms with Gasteiger partial charge in [-0.1, -0.05) is 6.07 Å². The van der Waals surface area contributed by atoms with E-state index in [0.29, 0.717) is 19.0 Å². The van der Waals surface area contributed by atoms with E-state index in [-0.39, 0.29) is 11.0 Å². The predicted molar refractivity (Wildman–Crippen MR) is 76.4 cm³/mol. The van der Waals surface area contributed by atoms with E-state index in [0.717, 1.165) is 5.69 Å². The fourth-order valence-corrected chi connectivity index (χ4v) is 3.54. The number of aromatic nitrogens is 2. The molecule has 110 valence electrons. The summed E-state index contributed by atoms with van der Waals surface area (Å²) in [6.45, 7) is 2.53. The van der Waals surface area contributed by atoms with E-state index in [1.165, 1.54) is 10.5 Å². The quantitative estimate of drug-likeness (QED) is 0.849. The zero-order chi connectivity index (χ0) is 14.9. The molecule has 0 aromatic carbocycles. The fourth-order valence-electron chi connectivity index (χ4n) is 2.07. The minimum absolute atomic E-state index is 0.161. The van der Waals surface area contributed by atoms with Crippen molar-refractivity contribution in [3.8, 4) is 5.88 Å². The number of ether oxygens (including phenoxy) is 1. The first kappa shape index (κ1) is 14.0. The van der Waals surface area contributed by atoms with Gasteiger partial charge in [-0.15, -0.1) is 0 Å². The first-order valence-electron chi connectivity index (χ1n) is 6.56. The molecule has 3 heterocycles. The van der Waals surface area contributed by atoms with Gasteiger partial charge in [-0.3, -0.25) is 4.98 Å². The molecule has 1 aliphatic rings. The summed E-state index contributed by atoms with van der Waals surface area (Å²) in [4.78, 5) is 8.29. The van der Waals surface area contributed by atoms with Crippen molar-refractivity contribution in [3.63, 3.8) is 0 Å². The molecule has 0 atom stereocenters. The monoisotopic (exact) mass is 305 g/mol. The largest absolute Gasteiger partial charge is 0.472 e. The van der Waals surface area contributed by atoms with Crippen LogP contribution in [-0.2, 0) is 10.0 Å². The normalized spacial score (nSPS) is 16.4. The highest BCUT2D eigenvalue weighted by Gasteiger charge is 2.38.